The predicted molar refractivity (Wildman–Crippen MR) is 94.6 cm³/mol. The van der Waals surface area contributed by atoms with Crippen molar-refractivity contribution in [2.45, 2.75) is 26.7 Å². The highest BCUT2D eigenvalue weighted by Crippen LogP contribution is 2.10. The lowest BCUT2D eigenvalue weighted by molar-refractivity contribution is -0.144. The van der Waals surface area contributed by atoms with Crippen molar-refractivity contribution < 1.29 is 23.9 Å². The number of nitrogens with one attached hydrogen (secondary N) is 3. The summed E-state index contributed by atoms with van der Waals surface area (Å²) in [5, 5.41) is 2.25. The van der Waals surface area contributed by atoms with Gasteiger partial charge in [0.2, 0.25) is 5.91 Å². The first kappa shape index (κ1) is 20.4. The summed E-state index contributed by atoms with van der Waals surface area (Å²) in [7, 11) is 0. The van der Waals surface area contributed by atoms with Crippen LogP contribution in [0.4, 0.5) is 0 Å². The zero-order chi connectivity index (χ0) is 18.7. The van der Waals surface area contributed by atoms with Crippen LogP contribution in [0.25, 0.3) is 0 Å². The molecule has 0 atom stereocenters. The zero-order valence-corrected chi connectivity index (χ0v) is 14.9. The summed E-state index contributed by atoms with van der Waals surface area (Å²) in [6, 6.07) is 7.24. The number of hydrazine groups is 1. The SMILES string of the molecule is CCOC(=O)CCC(=O)NC(=S)NNC(=O)COc1ccc(C)cc1. The Bertz CT molecular complexity index is 619. The number of aryl methyl sites for hydroxylation is 1. The van der Waals surface area contributed by atoms with Gasteiger partial charge in [-0.3, -0.25) is 25.2 Å². The van der Waals surface area contributed by atoms with E-state index in [-0.39, 0.29) is 31.2 Å². The Labute approximate surface area is 151 Å². The van der Waals surface area contributed by atoms with Gasteiger partial charge < -0.3 is 14.8 Å². The Morgan fingerprint density at radius 1 is 1.04 bits per heavy atom. The molecule has 25 heavy (non-hydrogen) atoms. The third-order valence-electron chi connectivity index (χ3n) is 2.82. The van der Waals surface area contributed by atoms with Crippen LogP contribution in [0.3, 0.4) is 0 Å². The van der Waals surface area contributed by atoms with E-state index in [0.29, 0.717) is 5.75 Å². The summed E-state index contributed by atoms with van der Waals surface area (Å²) in [6.07, 6.45) is -0.107. The van der Waals surface area contributed by atoms with Gasteiger partial charge in [0, 0.05) is 6.42 Å². The third kappa shape index (κ3) is 9.26. The van der Waals surface area contributed by atoms with Crippen molar-refractivity contribution in [2.24, 2.45) is 0 Å². The smallest absolute Gasteiger partial charge is 0.306 e. The number of ether oxygens (including phenoxy) is 2. The van der Waals surface area contributed by atoms with E-state index in [2.05, 4.69) is 16.2 Å². The number of esters is 1. The van der Waals surface area contributed by atoms with E-state index in [9.17, 15) is 14.4 Å². The lowest BCUT2D eigenvalue weighted by Crippen LogP contribution is -2.49. The fourth-order valence-corrected chi connectivity index (χ4v) is 1.78. The van der Waals surface area contributed by atoms with Crippen LogP contribution in [-0.4, -0.2) is 36.1 Å². The van der Waals surface area contributed by atoms with Crippen LogP contribution in [0.5, 0.6) is 5.75 Å². The van der Waals surface area contributed by atoms with Crippen LogP contribution in [0.2, 0.25) is 0 Å². The first-order valence-electron chi connectivity index (χ1n) is 7.64. The molecule has 3 N–H and O–H groups in total. The fraction of sp³-hybridized carbons (Fsp3) is 0.375. The molecule has 0 radical (unpaired) electrons. The summed E-state index contributed by atoms with van der Waals surface area (Å²) >= 11 is 4.86. The molecule has 8 nitrogen and oxygen atoms in total. The molecular formula is C16H21N3O5S. The molecule has 0 aromatic heterocycles. The first-order chi connectivity index (χ1) is 11.9. The topological polar surface area (TPSA) is 106 Å². The van der Waals surface area contributed by atoms with Gasteiger partial charge in [0.1, 0.15) is 5.75 Å². The molecule has 0 fully saturated rings. The summed E-state index contributed by atoms with van der Waals surface area (Å²) in [6.45, 7) is 3.68. The largest absolute Gasteiger partial charge is 0.484 e. The van der Waals surface area contributed by atoms with Gasteiger partial charge in [-0.1, -0.05) is 17.7 Å². The molecule has 136 valence electrons. The van der Waals surface area contributed by atoms with E-state index < -0.39 is 17.8 Å². The Morgan fingerprint density at radius 2 is 1.72 bits per heavy atom. The highest BCUT2D eigenvalue weighted by Gasteiger charge is 2.09. The van der Waals surface area contributed by atoms with E-state index in [0.717, 1.165) is 5.56 Å². The maximum Gasteiger partial charge on any atom is 0.306 e. The van der Waals surface area contributed by atoms with E-state index in [1.807, 2.05) is 19.1 Å². The Morgan fingerprint density at radius 3 is 2.36 bits per heavy atom. The average Bonchev–Trinajstić information content (AvgIpc) is 2.58. The highest BCUT2D eigenvalue weighted by atomic mass is 32.1. The number of benzene rings is 1. The van der Waals surface area contributed by atoms with E-state index >= 15 is 0 Å². The molecule has 0 bridgehead atoms. The van der Waals surface area contributed by atoms with Gasteiger partial charge in [-0.15, -0.1) is 0 Å². The average molecular weight is 367 g/mol. The van der Waals surface area contributed by atoms with Gasteiger partial charge in [-0.25, -0.2) is 0 Å². The van der Waals surface area contributed by atoms with Gasteiger partial charge in [-0.2, -0.15) is 0 Å². The molecule has 1 rings (SSSR count). The third-order valence-corrected chi connectivity index (χ3v) is 3.02. The lowest BCUT2D eigenvalue weighted by atomic mass is 10.2. The number of carbonyl (C=O) groups excluding carboxylic acids is 3. The maximum atomic E-state index is 11.6. The summed E-state index contributed by atoms with van der Waals surface area (Å²) in [5.41, 5.74) is 5.75. The van der Waals surface area contributed by atoms with Gasteiger partial charge in [0.05, 0.1) is 13.0 Å². The second-order valence-electron chi connectivity index (χ2n) is 4.96. The molecule has 0 heterocycles. The highest BCUT2D eigenvalue weighted by molar-refractivity contribution is 7.80. The number of thiocarbonyl (C=S) groups is 1. The number of carbonyl (C=O) groups is 3. The van der Waals surface area contributed by atoms with Crippen LogP contribution >= 0.6 is 12.2 Å². The molecule has 0 spiro atoms. The molecule has 0 aliphatic rings. The molecular weight excluding hydrogens is 346 g/mol. The van der Waals surface area contributed by atoms with E-state index in [4.69, 9.17) is 21.7 Å². The van der Waals surface area contributed by atoms with Crippen molar-refractivity contribution in [1.82, 2.24) is 16.2 Å². The molecule has 0 saturated carbocycles. The second-order valence-corrected chi connectivity index (χ2v) is 5.37. The molecule has 0 saturated heterocycles. The summed E-state index contributed by atoms with van der Waals surface area (Å²) < 4.78 is 10.00. The van der Waals surface area contributed by atoms with Crippen LogP contribution in [0, 0.1) is 6.92 Å². The normalized spacial score (nSPS) is 9.68. The predicted octanol–water partition coefficient (Wildman–Crippen LogP) is 0.739. The van der Waals surface area contributed by atoms with Gasteiger partial charge in [0.25, 0.3) is 5.91 Å². The van der Waals surface area contributed by atoms with Crippen molar-refractivity contribution in [3.8, 4) is 5.75 Å². The fourth-order valence-electron chi connectivity index (χ4n) is 1.62. The minimum absolute atomic E-state index is 0.0426. The number of hydrogen-bond donors (Lipinski definition) is 3. The first-order valence-corrected chi connectivity index (χ1v) is 8.05. The molecule has 9 heteroatoms. The van der Waals surface area contributed by atoms with Gasteiger partial charge in [0.15, 0.2) is 11.7 Å². The number of rotatable bonds is 7. The van der Waals surface area contributed by atoms with Crippen molar-refractivity contribution in [3.05, 3.63) is 29.8 Å². The van der Waals surface area contributed by atoms with Crippen molar-refractivity contribution in [3.63, 3.8) is 0 Å². The molecule has 0 unspecified atom stereocenters. The Kier molecular flexibility index (Phi) is 8.94. The lowest BCUT2D eigenvalue weighted by Gasteiger charge is -2.11. The van der Waals surface area contributed by atoms with Crippen molar-refractivity contribution in [2.75, 3.05) is 13.2 Å². The standard InChI is InChI=1S/C16H21N3O5S/c1-3-23-15(22)9-8-13(20)17-16(25)19-18-14(21)10-24-12-6-4-11(2)5-7-12/h4-7H,3,8-10H2,1-2H3,(H,18,21)(H2,17,19,20,25). The van der Waals surface area contributed by atoms with Gasteiger partial charge in [-0.05, 0) is 38.2 Å². The van der Waals surface area contributed by atoms with E-state index in [1.54, 1.807) is 19.1 Å². The minimum Gasteiger partial charge on any atom is -0.484 e. The van der Waals surface area contributed by atoms with Crippen LogP contribution < -0.4 is 20.9 Å². The van der Waals surface area contributed by atoms with E-state index in [1.165, 1.54) is 0 Å². The van der Waals surface area contributed by atoms with Crippen LogP contribution in [0.15, 0.2) is 24.3 Å². The molecule has 2 amide bonds. The molecule has 1 aromatic carbocycles. The van der Waals surface area contributed by atoms with Crippen molar-refractivity contribution in [1.29, 1.82) is 0 Å². The quantitative estimate of drug-likeness (QED) is 0.371. The van der Waals surface area contributed by atoms with Gasteiger partial charge >= 0.3 is 5.97 Å². The number of amides is 2. The summed E-state index contributed by atoms with van der Waals surface area (Å²) in [4.78, 5) is 34.3. The van der Waals surface area contributed by atoms with Crippen LogP contribution in [-0.2, 0) is 19.1 Å². The maximum absolute atomic E-state index is 11.6. The van der Waals surface area contributed by atoms with Crippen molar-refractivity contribution >= 4 is 35.1 Å². The minimum atomic E-state index is -0.469. The Balaban J connectivity index is 2.19. The van der Waals surface area contributed by atoms with Crippen LogP contribution in [0.1, 0.15) is 25.3 Å². The zero-order valence-electron chi connectivity index (χ0n) is 14.1. The Hall–Kier alpha value is -2.68. The number of hydrogen-bond acceptors (Lipinski definition) is 6. The molecule has 0 aliphatic carbocycles. The second kappa shape index (κ2) is 11.0. The monoisotopic (exact) mass is 367 g/mol. The molecule has 0 aliphatic heterocycles. The molecule has 1 aromatic rings. The summed E-state index contributed by atoms with van der Waals surface area (Å²) in [5.74, 6) is -0.826.